The van der Waals surface area contributed by atoms with Gasteiger partial charge in [0, 0.05) is 23.9 Å². The summed E-state index contributed by atoms with van der Waals surface area (Å²) in [5.74, 6) is -0.857. The van der Waals surface area contributed by atoms with Crippen molar-refractivity contribution in [2.75, 3.05) is 0 Å². The van der Waals surface area contributed by atoms with E-state index in [-0.39, 0.29) is 11.4 Å². The highest BCUT2D eigenvalue weighted by Crippen LogP contribution is 2.37. The van der Waals surface area contributed by atoms with E-state index in [0.29, 0.717) is 15.4 Å². The lowest BCUT2D eigenvalue weighted by Gasteiger charge is -2.01. The van der Waals surface area contributed by atoms with Gasteiger partial charge < -0.3 is 10.2 Å². The molecule has 4 rings (SSSR count). The van der Waals surface area contributed by atoms with E-state index in [9.17, 15) is 9.90 Å². The average Bonchev–Trinajstić information content (AvgIpc) is 3.14. The molecule has 0 amide bonds. The summed E-state index contributed by atoms with van der Waals surface area (Å²) in [7, 11) is 1.74. The Labute approximate surface area is 165 Å². The fourth-order valence-corrected chi connectivity index (χ4v) is 3.97. The van der Waals surface area contributed by atoms with Crippen LogP contribution in [0, 0.1) is 0 Å². The summed E-state index contributed by atoms with van der Waals surface area (Å²) >= 11 is 1.35. The summed E-state index contributed by atoms with van der Waals surface area (Å²) in [6, 6.07) is 14.2. The molecule has 140 valence electrons. The number of rotatable bonds is 3. The lowest BCUT2D eigenvalue weighted by Crippen LogP contribution is -2.08. The van der Waals surface area contributed by atoms with Gasteiger partial charge in [-0.2, -0.15) is 0 Å². The van der Waals surface area contributed by atoms with Gasteiger partial charge in [-0.05, 0) is 43.3 Å². The van der Waals surface area contributed by atoms with Crippen LogP contribution in [0.3, 0.4) is 0 Å². The normalized spacial score (nSPS) is 15.0. The molecule has 2 heterocycles. The van der Waals surface area contributed by atoms with Crippen molar-refractivity contribution in [2.45, 2.75) is 6.92 Å². The van der Waals surface area contributed by atoms with Crippen LogP contribution in [0.1, 0.15) is 27.7 Å². The molecule has 0 bridgehead atoms. The Kier molecular flexibility index (Phi) is 4.44. The first-order valence-corrected chi connectivity index (χ1v) is 9.39. The van der Waals surface area contributed by atoms with Gasteiger partial charge in [0.25, 0.3) is 0 Å². The van der Waals surface area contributed by atoms with Crippen LogP contribution in [-0.4, -0.2) is 26.5 Å². The number of aromatic nitrogens is 1. The van der Waals surface area contributed by atoms with Gasteiger partial charge in [0.2, 0.25) is 5.88 Å². The molecule has 1 aliphatic rings. The van der Waals surface area contributed by atoms with Gasteiger partial charge in [0.15, 0.2) is 4.80 Å². The van der Waals surface area contributed by atoms with Crippen molar-refractivity contribution >= 4 is 46.0 Å². The second kappa shape index (κ2) is 6.94. The van der Waals surface area contributed by atoms with E-state index in [1.807, 2.05) is 37.3 Å². The summed E-state index contributed by atoms with van der Waals surface area (Å²) in [5.41, 5.74) is 4.67. The maximum Gasteiger partial charge on any atom is 0.335 e. The van der Waals surface area contributed by atoms with Gasteiger partial charge in [-0.25, -0.2) is 9.79 Å². The van der Waals surface area contributed by atoms with Crippen molar-refractivity contribution in [3.05, 3.63) is 69.3 Å². The Morgan fingerprint density at radius 3 is 2.61 bits per heavy atom. The number of hydrogen-bond donors (Lipinski definition) is 2. The quantitative estimate of drug-likeness (QED) is 0.695. The number of aromatic hydroxyl groups is 1. The fourth-order valence-electron chi connectivity index (χ4n) is 3.00. The predicted molar refractivity (Wildman–Crippen MR) is 111 cm³/mol. The number of benzene rings is 2. The molecule has 0 saturated carbocycles. The smallest absolute Gasteiger partial charge is 0.335 e. The Bertz CT molecular complexity index is 1210. The van der Waals surface area contributed by atoms with Gasteiger partial charge >= 0.3 is 5.97 Å². The zero-order chi connectivity index (χ0) is 19.8. The SMILES string of the molecule is CC1=Nc2ccccc2C1=Cc1sc(=Nc2ccc(C(=O)O)cc2)n(C)c1O. The van der Waals surface area contributed by atoms with Gasteiger partial charge in [0.05, 0.1) is 21.8 Å². The van der Waals surface area contributed by atoms with Gasteiger partial charge in [-0.15, -0.1) is 0 Å². The Morgan fingerprint density at radius 2 is 1.89 bits per heavy atom. The van der Waals surface area contributed by atoms with E-state index >= 15 is 0 Å². The lowest BCUT2D eigenvalue weighted by atomic mass is 10.0. The summed E-state index contributed by atoms with van der Waals surface area (Å²) in [4.78, 5) is 21.4. The molecule has 0 atom stereocenters. The molecule has 1 aromatic heterocycles. The molecule has 3 aromatic rings. The maximum atomic E-state index is 11.0. The molecule has 0 unspecified atom stereocenters. The monoisotopic (exact) mass is 391 g/mol. The van der Waals surface area contributed by atoms with Crippen LogP contribution < -0.4 is 4.80 Å². The van der Waals surface area contributed by atoms with E-state index in [2.05, 4.69) is 9.98 Å². The van der Waals surface area contributed by atoms with Crippen molar-refractivity contribution in [1.82, 2.24) is 4.57 Å². The van der Waals surface area contributed by atoms with Crippen LogP contribution in [0.2, 0.25) is 0 Å². The first kappa shape index (κ1) is 17.9. The molecule has 1 aliphatic heterocycles. The average molecular weight is 391 g/mol. The van der Waals surface area contributed by atoms with Crippen molar-refractivity contribution in [2.24, 2.45) is 17.0 Å². The molecule has 0 spiro atoms. The third kappa shape index (κ3) is 3.16. The number of allylic oxidation sites excluding steroid dienone is 1. The second-order valence-electron chi connectivity index (χ2n) is 6.37. The minimum Gasteiger partial charge on any atom is -0.493 e. The van der Waals surface area contributed by atoms with Crippen molar-refractivity contribution in [1.29, 1.82) is 0 Å². The number of thiazole rings is 1. The molecule has 7 heteroatoms. The van der Waals surface area contributed by atoms with E-state index < -0.39 is 5.97 Å². The molecular formula is C21H17N3O3S. The Hall–Kier alpha value is -3.45. The van der Waals surface area contributed by atoms with E-state index in [1.165, 1.54) is 23.5 Å². The van der Waals surface area contributed by atoms with Crippen LogP contribution in [-0.2, 0) is 7.05 Å². The molecule has 0 fully saturated rings. The number of carboxylic acid groups (broad SMARTS) is 1. The number of carbonyl (C=O) groups is 1. The predicted octanol–water partition coefficient (Wildman–Crippen LogP) is 4.37. The maximum absolute atomic E-state index is 11.0. The second-order valence-corrected chi connectivity index (χ2v) is 7.38. The van der Waals surface area contributed by atoms with Crippen LogP contribution in [0.25, 0.3) is 11.6 Å². The minimum absolute atomic E-state index is 0.121. The molecule has 2 N–H and O–H groups in total. The zero-order valence-corrected chi connectivity index (χ0v) is 16.1. The van der Waals surface area contributed by atoms with E-state index in [4.69, 9.17) is 5.11 Å². The lowest BCUT2D eigenvalue weighted by molar-refractivity contribution is 0.0697. The standard InChI is InChI=1S/C21H17N3O3S/c1-12-16(15-5-3-4-6-17(15)22-12)11-18-19(25)24(2)21(28-18)23-14-9-7-13(8-10-14)20(26)27/h3-11,25H,1-2H3,(H,26,27). The van der Waals surface area contributed by atoms with Gasteiger partial charge in [0.1, 0.15) is 0 Å². The van der Waals surface area contributed by atoms with E-state index in [0.717, 1.165) is 22.5 Å². The number of nitrogens with zero attached hydrogens (tertiary/aromatic N) is 3. The Balaban J connectivity index is 1.76. The topological polar surface area (TPSA) is 87.2 Å². The highest BCUT2D eigenvalue weighted by Gasteiger charge is 2.18. The summed E-state index contributed by atoms with van der Waals surface area (Å²) < 4.78 is 1.61. The summed E-state index contributed by atoms with van der Waals surface area (Å²) in [5, 5.41) is 19.6. The number of para-hydroxylation sites is 1. The first-order chi connectivity index (χ1) is 13.4. The molecule has 0 radical (unpaired) electrons. The van der Waals surface area contributed by atoms with Crippen LogP contribution in [0.4, 0.5) is 11.4 Å². The molecule has 0 aliphatic carbocycles. The van der Waals surface area contributed by atoms with Gasteiger partial charge in [-0.1, -0.05) is 29.5 Å². The number of hydrogen-bond acceptors (Lipinski definition) is 5. The summed E-state index contributed by atoms with van der Waals surface area (Å²) in [6.07, 6.45) is 1.93. The van der Waals surface area contributed by atoms with Crippen molar-refractivity contribution in [3.63, 3.8) is 0 Å². The fraction of sp³-hybridized carbons (Fsp3) is 0.0952. The van der Waals surface area contributed by atoms with Crippen molar-refractivity contribution in [3.8, 4) is 5.88 Å². The molecule has 28 heavy (non-hydrogen) atoms. The van der Waals surface area contributed by atoms with Crippen LogP contribution in [0.15, 0.2) is 58.5 Å². The van der Waals surface area contributed by atoms with Crippen LogP contribution >= 0.6 is 11.3 Å². The summed E-state index contributed by atoms with van der Waals surface area (Å²) in [6.45, 7) is 1.95. The molecular weight excluding hydrogens is 374 g/mol. The third-order valence-corrected chi connectivity index (χ3v) is 5.58. The minimum atomic E-state index is -0.978. The first-order valence-electron chi connectivity index (χ1n) is 8.57. The number of carboxylic acids is 1. The molecule has 0 saturated heterocycles. The van der Waals surface area contributed by atoms with E-state index in [1.54, 1.807) is 23.7 Å². The van der Waals surface area contributed by atoms with Gasteiger partial charge in [-0.3, -0.25) is 9.56 Å². The zero-order valence-electron chi connectivity index (χ0n) is 15.2. The third-order valence-electron chi connectivity index (χ3n) is 4.51. The molecule has 2 aromatic carbocycles. The number of aliphatic imine (C=N–C) groups is 1. The largest absolute Gasteiger partial charge is 0.493 e. The van der Waals surface area contributed by atoms with Crippen LogP contribution in [0.5, 0.6) is 5.88 Å². The number of aromatic carboxylic acids is 1. The highest BCUT2D eigenvalue weighted by molar-refractivity contribution is 7.10. The number of fused-ring (bicyclic) bond motifs is 1. The van der Waals surface area contributed by atoms with Crippen molar-refractivity contribution < 1.29 is 15.0 Å². The Morgan fingerprint density at radius 1 is 1.18 bits per heavy atom. The highest BCUT2D eigenvalue weighted by atomic mass is 32.1. The molecule has 6 nitrogen and oxygen atoms in total.